The maximum atomic E-state index is 11.7. The zero-order valence-corrected chi connectivity index (χ0v) is 12.4. The van der Waals surface area contributed by atoms with Gasteiger partial charge in [0.1, 0.15) is 0 Å². The summed E-state index contributed by atoms with van der Waals surface area (Å²) >= 11 is 0. The van der Waals surface area contributed by atoms with Crippen molar-refractivity contribution in [2.45, 2.75) is 37.6 Å². The van der Waals surface area contributed by atoms with Crippen molar-refractivity contribution in [1.29, 1.82) is 0 Å². The molecule has 3 rings (SSSR count). The van der Waals surface area contributed by atoms with Gasteiger partial charge in [-0.15, -0.1) is 0 Å². The van der Waals surface area contributed by atoms with Gasteiger partial charge in [0.25, 0.3) is 0 Å². The molecule has 3 N–H and O–H groups in total. The topological polar surface area (TPSA) is 72.2 Å². The van der Waals surface area contributed by atoms with Crippen LogP contribution in [0.15, 0.2) is 24.3 Å². The summed E-state index contributed by atoms with van der Waals surface area (Å²) < 4.78 is 23.4. The Morgan fingerprint density at radius 1 is 1.20 bits per heavy atom. The quantitative estimate of drug-likeness (QED) is 0.657. The van der Waals surface area contributed by atoms with E-state index < -0.39 is 9.84 Å². The second kappa shape index (κ2) is 5.47. The van der Waals surface area contributed by atoms with Crippen LogP contribution in [0.1, 0.15) is 48.8 Å². The van der Waals surface area contributed by atoms with Gasteiger partial charge in [-0.25, -0.2) is 8.42 Å². The maximum Gasteiger partial charge on any atom is 0.150 e. The molecule has 1 aromatic carbocycles. The van der Waals surface area contributed by atoms with Crippen molar-refractivity contribution >= 4 is 9.84 Å². The van der Waals surface area contributed by atoms with E-state index in [2.05, 4.69) is 23.6 Å². The molecule has 1 saturated heterocycles. The Morgan fingerprint density at radius 3 is 2.50 bits per heavy atom. The normalized spacial score (nSPS) is 27.1. The molecule has 0 radical (unpaired) electrons. The molecule has 1 saturated carbocycles. The summed E-state index contributed by atoms with van der Waals surface area (Å²) in [6.07, 6.45) is 4.46. The first-order chi connectivity index (χ1) is 9.61. The van der Waals surface area contributed by atoms with E-state index in [1.54, 1.807) is 0 Å². The summed E-state index contributed by atoms with van der Waals surface area (Å²) in [5.41, 5.74) is 5.43. The Bertz CT molecular complexity index is 581. The molecule has 5 heteroatoms. The molecular weight excluding hydrogens is 272 g/mol. The minimum atomic E-state index is -2.88. The molecule has 2 fully saturated rings. The number of benzene rings is 1. The molecule has 4 nitrogen and oxygen atoms in total. The Kier molecular flexibility index (Phi) is 3.84. The summed E-state index contributed by atoms with van der Waals surface area (Å²) in [7, 11) is -2.88. The predicted octanol–water partition coefficient (Wildman–Crippen LogP) is 1.89. The van der Waals surface area contributed by atoms with E-state index in [0.717, 1.165) is 0 Å². The van der Waals surface area contributed by atoms with Gasteiger partial charge in [0.2, 0.25) is 0 Å². The van der Waals surface area contributed by atoms with E-state index in [9.17, 15) is 8.42 Å². The lowest BCUT2D eigenvalue weighted by Crippen LogP contribution is -2.35. The van der Waals surface area contributed by atoms with E-state index in [-0.39, 0.29) is 17.7 Å². The second-order valence-corrected chi connectivity index (χ2v) is 8.29. The van der Waals surface area contributed by atoms with Gasteiger partial charge >= 0.3 is 0 Å². The van der Waals surface area contributed by atoms with Crippen LogP contribution in [-0.4, -0.2) is 19.9 Å². The monoisotopic (exact) mass is 294 g/mol. The van der Waals surface area contributed by atoms with E-state index in [0.29, 0.717) is 18.1 Å². The highest BCUT2D eigenvalue weighted by Crippen LogP contribution is 2.41. The zero-order chi connectivity index (χ0) is 14.2. The first-order valence-electron chi connectivity index (χ1n) is 7.36. The van der Waals surface area contributed by atoms with Crippen LogP contribution in [0.2, 0.25) is 0 Å². The number of hydrogen-bond acceptors (Lipinski definition) is 4. The molecule has 2 unspecified atom stereocenters. The number of nitrogens with one attached hydrogen (secondary N) is 1. The highest BCUT2D eigenvalue weighted by molar-refractivity contribution is 7.91. The van der Waals surface area contributed by atoms with Crippen LogP contribution in [0.5, 0.6) is 0 Å². The second-order valence-electron chi connectivity index (χ2n) is 6.06. The average molecular weight is 294 g/mol. The fourth-order valence-corrected chi connectivity index (χ4v) is 5.29. The average Bonchev–Trinajstić information content (AvgIpc) is 2.70. The van der Waals surface area contributed by atoms with Gasteiger partial charge in [0.15, 0.2) is 9.84 Å². The first kappa shape index (κ1) is 14.0. The fourth-order valence-electron chi connectivity index (χ4n) is 3.45. The van der Waals surface area contributed by atoms with Crippen LogP contribution < -0.4 is 11.3 Å². The molecule has 0 bridgehead atoms. The predicted molar refractivity (Wildman–Crippen MR) is 79.9 cm³/mol. The molecule has 110 valence electrons. The van der Waals surface area contributed by atoms with Crippen LogP contribution in [0.4, 0.5) is 0 Å². The molecule has 0 spiro atoms. The van der Waals surface area contributed by atoms with Gasteiger partial charge in [-0.05, 0) is 42.2 Å². The van der Waals surface area contributed by atoms with Crippen LogP contribution in [0, 0.1) is 5.92 Å². The summed E-state index contributed by atoms with van der Waals surface area (Å²) in [4.78, 5) is 0. The Hall–Kier alpha value is -0.910. The van der Waals surface area contributed by atoms with Crippen molar-refractivity contribution in [3.63, 3.8) is 0 Å². The Labute approximate surface area is 120 Å². The number of rotatable bonds is 4. The molecule has 0 aromatic heterocycles. The summed E-state index contributed by atoms with van der Waals surface area (Å²) in [5.74, 6) is 7.01. The van der Waals surface area contributed by atoms with Crippen molar-refractivity contribution in [3.05, 3.63) is 35.4 Å². The van der Waals surface area contributed by atoms with Gasteiger partial charge in [0, 0.05) is 0 Å². The van der Waals surface area contributed by atoms with E-state index in [1.165, 1.54) is 30.4 Å². The van der Waals surface area contributed by atoms with Crippen LogP contribution >= 0.6 is 0 Å². The molecular formula is C15H22N2O2S. The Morgan fingerprint density at radius 2 is 1.95 bits per heavy atom. The molecule has 20 heavy (non-hydrogen) atoms. The zero-order valence-electron chi connectivity index (χ0n) is 11.6. The maximum absolute atomic E-state index is 11.7. The molecule has 1 aliphatic heterocycles. The van der Waals surface area contributed by atoms with Crippen LogP contribution in [0.25, 0.3) is 0 Å². The van der Waals surface area contributed by atoms with E-state index in [4.69, 9.17) is 5.84 Å². The van der Waals surface area contributed by atoms with E-state index in [1.807, 2.05) is 6.07 Å². The van der Waals surface area contributed by atoms with E-state index >= 15 is 0 Å². The van der Waals surface area contributed by atoms with Crippen molar-refractivity contribution in [2.24, 2.45) is 11.8 Å². The molecule has 1 heterocycles. The van der Waals surface area contributed by atoms with Crippen LogP contribution in [0.3, 0.4) is 0 Å². The minimum absolute atomic E-state index is 0.0518. The van der Waals surface area contributed by atoms with Gasteiger partial charge < -0.3 is 0 Å². The highest BCUT2D eigenvalue weighted by Gasteiger charge is 2.35. The third-order valence-electron chi connectivity index (χ3n) is 4.79. The molecule has 2 atom stereocenters. The molecule has 1 aliphatic carbocycles. The fraction of sp³-hybridized carbons (Fsp3) is 0.600. The van der Waals surface area contributed by atoms with Gasteiger partial charge in [-0.1, -0.05) is 30.7 Å². The Balaban J connectivity index is 1.89. The number of hydrogen-bond donors (Lipinski definition) is 2. The van der Waals surface area contributed by atoms with Crippen molar-refractivity contribution < 1.29 is 8.42 Å². The standard InChI is InChI=1S/C15H22N2O2S/c16-17-15(12-8-9-20(18,19)10-12)14-7-2-1-6-13(14)11-4-3-5-11/h1-2,6-7,11-12,15,17H,3-5,8-10,16H2. The minimum Gasteiger partial charge on any atom is -0.271 e. The van der Waals surface area contributed by atoms with Gasteiger partial charge in [0.05, 0.1) is 17.5 Å². The molecule has 1 aromatic rings. The van der Waals surface area contributed by atoms with Crippen molar-refractivity contribution in [3.8, 4) is 0 Å². The number of sulfone groups is 1. The van der Waals surface area contributed by atoms with Crippen molar-refractivity contribution in [1.82, 2.24) is 5.43 Å². The summed E-state index contributed by atoms with van der Waals surface area (Å²) in [5, 5.41) is 0. The summed E-state index contributed by atoms with van der Waals surface area (Å²) in [6.45, 7) is 0. The van der Waals surface area contributed by atoms with Crippen molar-refractivity contribution in [2.75, 3.05) is 11.5 Å². The third kappa shape index (κ3) is 2.62. The molecule has 0 amide bonds. The SMILES string of the molecule is NNC(c1ccccc1C1CCC1)C1CCS(=O)(=O)C1. The smallest absolute Gasteiger partial charge is 0.150 e. The lowest BCUT2D eigenvalue weighted by Gasteiger charge is -2.32. The lowest BCUT2D eigenvalue weighted by atomic mass is 9.76. The first-order valence-corrected chi connectivity index (χ1v) is 9.18. The lowest BCUT2D eigenvalue weighted by molar-refractivity contribution is 0.377. The third-order valence-corrected chi connectivity index (χ3v) is 6.59. The number of hydrazine groups is 1. The highest BCUT2D eigenvalue weighted by atomic mass is 32.2. The van der Waals surface area contributed by atoms with Gasteiger partial charge in [-0.2, -0.15) is 0 Å². The molecule has 2 aliphatic rings. The van der Waals surface area contributed by atoms with Crippen LogP contribution in [-0.2, 0) is 9.84 Å². The van der Waals surface area contributed by atoms with Gasteiger partial charge in [-0.3, -0.25) is 11.3 Å². The number of nitrogens with two attached hydrogens (primary N) is 1. The summed E-state index contributed by atoms with van der Waals surface area (Å²) in [6, 6.07) is 8.31. The largest absolute Gasteiger partial charge is 0.271 e.